The highest BCUT2D eigenvalue weighted by Crippen LogP contribution is 2.07. The monoisotopic (exact) mass is 202 g/mol. The van der Waals surface area contributed by atoms with Crippen LogP contribution in [-0.4, -0.2) is 14.6 Å². The minimum atomic E-state index is 0.530. The number of rotatable bonds is 2. The van der Waals surface area contributed by atoms with Crippen LogP contribution in [0, 0.1) is 0 Å². The van der Waals surface area contributed by atoms with E-state index in [0.29, 0.717) is 4.83 Å². The number of aromatic nitrogens is 2. The molecule has 0 saturated carbocycles. The van der Waals surface area contributed by atoms with Gasteiger partial charge in [0.1, 0.15) is 0 Å². The molecule has 56 valence electrons. The summed E-state index contributed by atoms with van der Waals surface area (Å²) in [4.78, 5) is 0.530. The van der Waals surface area contributed by atoms with E-state index in [2.05, 4.69) is 28.0 Å². The van der Waals surface area contributed by atoms with Gasteiger partial charge in [-0.05, 0) is 6.07 Å². The van der Waals surface area contributed by atoms with Gasteiger partial charge in [0.05, 0.1) is 0 Å². The predicted molar refractivity (Wildman–Crippen MR) is 45.3 cm³/mol. The molecular weight excluding hydrogens is 192 g/mol. The molecule has 0 N–H and O–H groups in total. The fourth-order valence-electron chi connectivity index (χ4n) is 0.890. The van der Waals surface area contributed by atoms with Gasteiger partial charge in [-0.2, -0.15) is 5.10 Å². The lowest BCUT2D eigenvalue weighted by molar-refractivity contribution is 0.704. The molecule has 0 aliphatic rings. The summed E-state index contributed by atoms with van der Waals surface area (Å²) in [6.45, 7) is 2.13. The van der Waals surface area contributed by atoms with Crippen LogP contribution >= 0.6 is 15.9 Å². The first-order valence-corrected chi connectivity index (χ1v) is 4.22. The summed E-state index contributed by atoms with van der Waals surface area (Å²) in [6.07, 6.45) is 2.86. The van der Waals surface area contributed by atoms with Crippen molar-refractivity contribution in [2.75, 3.05) is 0 Å². The van der Waals surface area contributed by atoms with Crippen molar-refractivity contribution in [3.05, 3.63) is 18.0 Å². The van der Waals surface area contributed by atoms with E-state index >= 15 is 0 Å². The van der Waals surface area contributed by atoms with Gasteiger partial charge in [0.15, 0.2) is 0 Å². The van der Waals surface area contributed by atoms with Gasteiger partial charge in [0.25, 0.3) is 0 Å². The van der Waals surface area contributed by atoms with Crippen molar-refractivity contribution in [1.82, 2.24) is 9.78 Å². The van der Waals surface area contributed by atoms with E-state index < -0.39 is 0 Å². The summed E-state index contributed by atoms with van der Waals surface area (Å²) >= 11 is 3.49. The predicted octanol–water partition coefficient (Wildman–Crippen LogP) is 1.75. The molecule has 2 nitrogen and oxygen atoms in total. The number of hydrogen-bond acceptors (Lipinski definition) is 1. The Morgan fingerprint density at radius 3 is 2.90 bits per heavy atom. The van der Waals surface area contributed by atoms with Gasteiger partial charge in [0.2, 0.25) is 0 Å². The molecule has 1 heterocycles. The molecule has 0 aliphatic carbocycles. The van der Waals surface area contributed by atoms with E-state index in [1.807, 2.05) is 24.0 Å². The topological polar surface area (TPSA) is 17.8 Å². The molecule has 0 saturated heterocycles. The van der Waals surface area contributed by atoms with Crippen LogP contribution in [0.1, 0.15) is 12.6 Å². The Kier molecular flexibility index (Phi) is 2.49. The van der Waals surface area contributed by atoms with Gasteiger partial charge < -0.3 is 0 Å². The average molecular weight is 203 g/mol. The molecular formula is C7H11BrN2. The lowest BCUT2D eigenvalue weighted by Gasteiger charge is -2.02. The third kappa shape index (κ3) is 1.84. The molecule has 0 aliphatic heterocycles. The van der Waals surface area contributed by atoms with Gasteiger partial charge in [-0.1, -0.05) is 22.9 Å². The van der Waals surface area contributed by atoms with Crippen LogP contribution in [-0.2, 0) is 13.5 Å². The molecule has 0 bridgehead atoms. The van der Waals surface area contributed by atoms with Gasteiger partial charge in [-0.15, -0.1) is 0 Å². The molecule has 0 radical (unpaired) electrons. The van der Waals surface area contributed by atoms with Crippen molar-refractivity contribution in [3.63, 3.8) is 0 Å². The van der Waals surface area contributed by atoms with E-state index in [1.54, 1.807) is 0 Å². The SMILES string of the molecule is CC(Br)Cc1ccnn1C. The summed E-state index contributed by atoms with van der Waals surface area (Å²) in [5.41, 5.74) is 1.27. The molecule has 0 fully saturated rings. The van der Waals surface area contributed by atoms with Gasteiger partial charge in [0, 0.05) is 30.2 Å². The molecule has 1 aromatic heterocycles. The second-order valence-electron chi connectivity index (χ2n) is 2.43. The van der Waals surface area contributed by atoms with Gasteiger partial charge >= 0.3 is 0 Å². The minimum Gasteiger partial charge on any atom is -0.273 e. The average Bonchev–Trinajstić information content (AvgIpc) is 2.15. The standard InChI is InChI=1S/C7H11BrN2/c1-6(8)5-7-3-4-9-10(7)2/h3-4,6H,5H2,1-2H3. The fraction of sp³-hybridized carbons (Fsp3) is 0.571. The third-order valence-corrected chi connectivity index (χ3v) is 1.74. The van der Waals surface area contributed by atoms with Crippen LogP contribution in [0.4, 0.5) is 0 Å². The second kappa shape index (κ2) is 3.19. The Bertz CT molecular complexity index is 205. The maximum atomic E-state index is 4.07. The maximum Gasteiger partial charge on any atom is 0.0492 e. The first kappa shape index (κ1) is 7.79. The molecule has 3 heteroatoms. The molecule has 0 aromatic carbocycles. The van der Waals surface area contributed by atoms with E-state index in [1.165, 1.54) is 5.69 Å². The first-order chi connectivity index (χ1) is 4.70. The smallest absolute Gasteiger partial charge is 0.0492 e. The largest absolute Gasteiger partial charge is 0.273 e. The molecule has 0 spiro atoms. The zero-order valence-corrected chi connectivity index (χ0v) is 7.80. The highest BCUT2D eigenvalue weighted by molar-refractivity contribution is 9.09. The third-order valence-electron chi connectivity index (χ3n) is 1.41. The molecule has 1 rings (SSSR count). The van der Waals surface area contributed by atoms with Crippen LogP contribution < -0.4 is 0 Å². The zero-order chi connectivity index (χ0) is 7.56. The van der Waals surface area contributed by atoms with Crippen LogP contribution in [0.15, 0.2) is 12.3 Å². The Balaban J connectivity index is 2.65. The lowest BCUT2D eigenvalue weighted by atomic mass is 10.2. The van der Waals surface area contributed by atoms with Crippen molar-refractivity contribution in [3.8, 4) is 0 Å². The van der Waals surface area contributed by atoms with E-state index in [9.17, 15) is 0 Å². The number of nitrogens with zero attached hydrogens (tertiary/aromatic N) is 2. The summed E-state index contributed by atoms with van der Waals surface area (Å²) in [5, 5.41) is 4.07. The number of aryl methyl sites for hydroxylation is 1. The lowest BCUT2D eigenvalue weighted by Crippen LogP contribution is -2.03. The molecule has 1 aromatic rings. The summed E-state index contributed by atoms with van der Waals surface area (Å²) < 4.78 is 1.90. The summed E-state index contributed by atoms with van der Waals surface area (Å²) in [7, 11) is 1.96. The van der Waals surface area contributed by atoms with Crippen LogP contribution in [0.5, 0.6) is 0 Å². The minimum absolute atomic E-state index is 0.530. The number of alkyl halides is 1. The highest BCUT2D eigenvalue weighted by Gasteiger charge is 2.01. The summed E-state index contributed by atoms with van der Waals surface area (Å²) in [5.74, 6) is 0. The molecule has 0 amide bonds. The van der Waals surface area contributed by atoms with Crippen molar-refractivity contribution in [2.45, 2.75) is 18.2 Å². The molecule has 1 unspecified atom stereocenters. The van der Waals surface area contributed by atoms with Crippen molar-refractivity contribution < 1.29 is 0 Å². The Morgan fingerprint density at radius 2 is 2.50 bits per heavy atom. The van der Waals surface area contributed by atoms with Crippen molar-refractivity contribution in [2.24, 2.45) is 7.05 Å². The molecule has 10 heavy (non-hydrogen) atoms. The van der Waals surface area contributed by atoms with E-state index in [0.717, 1.165) is 6.42 Å². The highest BCUT2D eigenvalue weighted by atomic mass is 79.9. The van der Waals surface area contributed by atoms with Crippen LogP contribution in [0.25, 0.3) is 0 Å². The second-order valence-corrected chi connectivity index (χ2v) is 3.99. The first-order valence-electron chi connectivity index (χ1n) is 3.31. The molecule has 1 atom stereocenters. The van der Waals surface area contributed by atoms with Crippen LogP contribution in [0.3, 0.4) is 0 Å². The van der Waals surface area contributed by atoms with Gasteiger partial charge in [-0.25, -0.2) is 0 Å². The Labute approximate surface area is 69.4 Å². The van der Waals surface area contributed by atoms with E-state index in [4.69, 9.17) is 0 Å². The quantitative estimate of drug-likeness (QED) is 0.669. The number of hydrogen-bond donors (Lipinski definition) is 0. The van der Waals surface area contributed by atoms with Gasteiger partial charge in [-0.3, -0.25) is 4.68 Å². The normalized spacial score (nSPS) is 13.5. The summed E-state index contributed by atoms with van der Waals surface area (Å²) in [6, 6.07) is 2.04. The fourth-order valence-corrected chi connectivity index (χ4v) is 1.22. The Hall–Kier alpha value is -0.310. The van der Waals surface area contributed by atoms with Crippen LogP contribution in [0.2, 0.25) is 0 Å². The van der Waals surface area contributed by atoms with E-state index in [-0.39, 0.29) is 0 Å². The Morgan fingerprint density at radius 1 is 1.80 bits per heavy atom. The van der Waals surface area contributed by atoms with Crippen molar-refractivity contribution >= 4 is 15.9 Å². The zero-order valence-electron chi connectivity index (χ0n) is 6.21. The van der Waals surface area contributed by atoms with Crippen molar-refractivity contribution in [1.29, 1.82) is 0 Å². The number of halogens is 1. The maximum absolute atomic E-state index is 4.07.